The zero-order chi connectivity index (χ0) is 19.5. The molecule has 0 saturated heterocycles. The molecular formula is C25H35NO. The summed E-state index contributed by atoms with van der Waals surface area (Å²) in [6.07, 6.45) is 7.41. The summed E-state index contributed by atoms with van der Waals surface area (Å²) >= 11 is 0. The van der Waals surface area contributed by atoms with Gasteiger partial charge in [-0.2, -0.15) is 0 Å². The van der Waals surface area contributed by atoms with Crippen LogP contribution in [0.5, 0.6) is 0 Å². The first-order valence-corrected chi connectivity index (χ1v) is 10.3. The van der Waals surface area contributed by atoms with Crippen molar-refractivity contribution in [2.75, 3.05) is 4.90 Å². The first-order valence-electron chi connectivity index (χ1n) is 10.3. The number of hydrogen-bond donors (Lipinski definition) is 1. The number of para-hydroxylation sites is 1. The molecule has 2 heteroatoms. The molecule has 27 heavy (non-hydrogen) atoms. The Labute approximate surface area is 165 Å². The maximum absolute atomic E-state index is 11.7. The van der Waals surface area contributed by atoms with Crippen LogP contribution >= 0.6 is 0 Å². The van der Waals surface area contributed by atoms with E-state index in [2.05, 4.69) is 79.9 Å². The Balaban J connectivity index is 2.44. The average Bonchev–Trinajstić information content (AvgIpc) is 2.71. The standard InChI is InChI=1S/C25H35NO/c1-4-7-20-25(27,19-6-3)24(14-5-2)26(23-17-12-9-13-18-23)21-22-15-10-8-11-16-22/h6,8-13,15-18,24,27H,3-5,7,14,19-21H2,1-2H3/t24-,25-/m1/s1. The minimum Gasteiger partial charge on any atom is -0.387 e. The Kier molecular flexibility index (Phi) is 8.60. The number of benzene rings is 2. The lowest BCUT2D eigenvalue weighted by Gasteiger charge is -2.44. The third kappa shape index (κ3) is 5.97. The topological polar surface area (TPSA) is 23.5 Å². The van der Waals surface area contributed by atoms with E-state index >= 15 is 0 Å². The fraction of sp³-hybridized carbons (Fsp3) is 0.440. The number of rotatable bonds is 12. The summed E-state index contributed by atoms with van der Waals surface area (Å²) < 4.78 is 0. The average molecular weight is 366 g/mol. The molecule has 2 aromatic carbocycles. The molecule has 0 aliphatic rings. The van der Waals surface area contributed by atoms with E-state index in [1.165, 1.54) is 11.3 Å². The summed E-state index contributed by atoms with van der Waals surface area (Å²) in [5.41, 5.74) is 1.66. The van der Waals surface area contributed by atoms with Crippen LogP contribution in [-0.2, 0) is 6.54 Å². The molecule has 0 radical (unpaired) electrons. The van der Waals surface area contributed by atoms with Crippen LogP contribution in [0.25, 0.3) is 0 Å². The van der Waals surface area contributed by atoms with Gasteiger partial charge in [0.05, 0.1) is 11.6 Å². The smallest absolute Gasteiger partial charge is 0.0884 e. The van der Waals surface area contributed by atoms with Gasteiger partial charge in [-0.1, -0.05) is 87.7 Å². The Hall–Kier alpha value is -2.06. The fourth-order valence-corrected chi connectivity index (χ4v) is 3.91. The molecule has 0 fully saturated rings. The summed E-state index contributed by atoms with van der Waals surface area (Å²) in [6.45, 7) is 9.11. The van der Waals surface area contributed by atoms with Gasteiger partial charge in [0.15, 0.2) is 0 Å². The van der Waals surface area contributed by atoms with Gasteiger partial charge in [0.2, 0.25) is 0 Å². The number of aliphatic hydroxyl groups is 1. The molecule has 146 valence electrons. The van der Waals surface area contributed by atoms with Crippen molar-refractivity contribution in [2.24, 2.45) is 0 Å². The van der Waals surface area contributed by atoms with Crippen molar-refractivity contribution in [2.45, 2.75) is 70.6 Å². The Morgan fingerprint density at radius 1 is 1.00 bits per heavy atom. The minimum absolute atomic E-state index is 0.0506. The summed E-state index contributed by atoms with van der Waals surface area (Å²) in [5.74, 6) is 0. The van der Waals surface area contributed by atoms with Crippen LogP contribution in [0.1, 0.15) is 57.9 Å². The molecule has 0 bridgehead atoms. The lowest BCUT2D eigenvalue weighted by Crippen LogP contribution is -2.52. The summed E-state index contributed by atoms with van der Waals surface area (Å²) in [5, 5.41) is 11.7. The highest BCUT2D eigenvalue weighted by atomic mass is 16.3. The lowest BCUT2D eigenvalue weighted by atomic mass is 9.81. The SMILES string of the molecule is C=CC[C@@](O)(CCCC)[C@@H](CCC)N(Cc1ccccc1)c1ccccc1. The van der Waals surface area contributed by atoms with Crippen LogP contribution in [-0.4, -0.2) is 16.7 Å². The second-order valence-corrected chi connectivity index (χ2v) is 7.45. The van der Waals surface area contributed by atoms with E-state index in [0.717, 1.165) is 38.6 Å². The van der Waals surface area contributed by atoms with Gasteiger partial charge in [-0.15, -0.1) is 6.58 Å². The van der Waals surface area contributed by atoms with Crippen molar-refractivity contribution >= 4 is 5.69 Å². The van der Waals surface area contributed by atoms with Gasteiger partial charge in [0, 0.05) is 12.2 Å². The summed E-state index contributed by atoms with van der Waals surface area (Å²) in [7, 11) is 0. The van der Waals surface area contributed by atoms with Crippen molar-refractivity contribution in [3.8, 4) is 0 Å². The van der Waals surface area contributed by atoms with E-state index < -0.39 is 5.60 Å². The number of nitrogens with zero attached hydrogens (tertiary/aromatic N) is 1. The first-order chi connectivity index (χ1) is 13.1. The molecule has 2 rings (SSSR count). The third-order valence-electron chi connectivity index (χ3n) is 5.30. The van der Waals surface area contributed by atoms with Crippen molar-refractivity contribution < 1.29 is 5.11 Å². The molecular weight excluding hydrogens is 330 g/mol. The molecule has 2 nitrogen and oxygen atoms in total. The minimum atomic E-state index is -0.765. The van der Waals surface area contributed by atoms with Crippen LogP contribution in [0, 0.1) is 0 Å². The van der Waals surface area contributed by atoms with E-state index in [0.29, 0.717) is 6.42 Å². The largest absolute Gasteiger partial charge is 0.387 e. The maximum Gasteiger partial charge on any atom is 0.0884 e. The van der Waals surface area contributed by atoms with E-state index in [9.17, 15) is 5.11 Å². The highest BCUT2D eigenvalue weighted by Gasteiger charge is 2.38. The molecule has 0 heterocycles. The monoisotopic (exact) mass is 365 g/mol. The van der Waals surface area contributed by atoms with Gasteiger partial charge in [-0.25, -0.2) is 0 Å². The van der Waals surface area contributed by atoms with Crippen molar-refractivity contribution in [1.82, 2.24) is 0 Å². The Morgan fingerprint density at radius 3 is 2.19 bits per heavy atom. The van der Waals surface area contributed by atoms with E-state index in [-0.39, 0.29) is 6.04 Å². The molecule has 0 saturated carbocycles. The quantitative estimate of drug-likeness (QED) is 0.442. The van der Waals surface area contributed by atoms with Crippen LogP contribution in [0.15, 0.2) is 73.3 Å². The highest BCUT2D eigenvalue weighted by Crippen LogP contribution is 2.34. The van der Waals surface area contributed by atoms with Gasteiger partial charge in [-0.05, 0) is 37.0 Å². The second kappa shape index (κ2) is 10.9. The zero-order valence-corrected chi connectivity index (χ0v) is 17.0. The van der Waals surface area contributed by atoms with E-state index in [1.807, 2.05) is 12.1 Å². The summed E-state index contributed by atoms with van der Waals surface area (Å²) in [6, 6.07) is 21.1. The van der Waals surface area contributed by atoms with Crippen molar-refractivity contribution in [3.63, 3.8) is 0 Å². The molecule has 0 spiro atoms. The Bertz CT molecular complexity index is 655. The van der Waals surface area contributed by atoms with Crippen LogP contribution in [0.3, 0.4) is 0 Å². The van der Waals surface area contributed by atoms with Gasteiger partial charge in [0.25, 0.3) is 0 Å². The van der Waals surface area contributed by atoms with Gasteiger partial charge >= 0.3 is 0 Å². The Morgan fingerprint density at radius 2 is 1.63 bits per heavy atom. The maximum atomic E-state index is 11.7. The predicted octanol–water partition coefficient (Wildman–Crippen LogP) is 6.36. The van der Waals surface area contributed by atoms with Crippen LogP contribution < -0.4 is 4.90 Å². The number of hydrogen-bond acceptors (Lipinski definition) is 2. The van der Waals surface area contributed by atoms with Crippen LogP contribution in [0.4, 0.5) is 5.69 Å². The lowest BCUT2D eigenvalue weighted by molar-refractivity contribution is 0.000506. The molecule has 0 aromatic heterocycles. The fourth-order valence-electron chi connectivity index (χ4n) is 3.91. The molecule has 0 amide bonds. The van der Waals surface area contributed by atoms with Gasteiger partial charge in [-0.3, -0.25) is 0 Å². The molecule has 0 aliphatic carbocycles. The van der Waals surface area contributed by atoms with E-state index in [1.54, 1.807) is 0 Å². The van der Waals surface area contributed by atoms with E-state index in [4.69, 9.17) is 0 Å². The van der Waals surface area contributed by atoms with Gasteiger partial charge < -0.3 is 10.0 Å². The zero-order valence-electron chi connectivity index (χ0n) is 17.0. The van der Waals surface area contributed by atoms with Crippen LogP contribution in [0.2, 0.25) is 0 Å². The highest BCUT2D eigenvalue weighted by molar-refractivity contribution is 5.48. The third-order valence-corrected chi connectivity index (χ3v) is 5.30. The predicted molar refractivity (Wildman–Crippen MR) is 117 cm³/mol. The second-order valence-electron chi connectivity index (χ2n) is 7.45. The summed E-state index contributed by atoms with van der Waals surface area (Å²) in [4.78, 5) is 2.40. The molecule has 2 atom stereocenters. The van der Waals surface area contributed by atoms with Crippen molar-refractivity contribution in [3.05, 3.63) is 78.9 Å². The molecule has 0 unspecified atom stereocenters. The molecule has 2 aromatic rings. The molecule has 1 N–H and O–H groups in total. The first kappa shape index (κ1) is 21.2. The van der Waals surface area contributed by atoms with Gasteiger partial charge in [0.1, 0.15) is 0 Å². The molecule has 0 aliphatic heterocycles. The van der Waals surface area contributed by atoms with Crippen molar-refractivity contribution in [1.29, 1.82) is 0 Å². The number of anilines is 1. The number of unbranched alkanes of at least 4 members (excludes halogenated alkanes) is 1. The normalized spacial score (nSPS) is 14.3.